The first-order valence-corrected chi connectivity index (χ1v) is 19.2. The molecule has 0 aliphatic carbocycles. The van der Waals surface area contributed by atoms with Gasteiger partial charge in [0.2, 0.25) is 0 Å². The molecule has 2 aromatic heterocycles. The lowest BCUT2D eigenvalue weighted by Gasteiger charge is -2.20. The first-order valence-electron chi connectivity index (χ1n) is 19.2. The number of hydrogen-bond acceptors (Lipinski definition) is 2. The van der Waals surface area contributed by atoms with E-state index in [2.05, 4.69) is 182 Å². The van der Waals surface area contributed by atoms with Gasteiger partial charge in [0, 0.05) is 27.1 Å². The van der Waals surface area contributed by atoms with Crippen LogP contribution < -0.4 is 0 Å². The topological polar surface area (TPSA) is 26.3 Å². The highest BCUT2D eigenvalue weighted by atomic mass is 16.3. The molecule has 2 heterocycles. The molecule has 10 aromatic carbocycles. The van der Waals surface area contributed by atoms with Crippen LogP contribution in [0, 0.1) is 0 Å². The molecule has 56 heavy (non-hydrogen) atoms. The van der Waals surface area contributed by atoms with Crippen LogP contribution in [-0.2, 0) is 0 Å². The van der Waals surface area contributed by atoms with Crippen molar-refractivity contribution in [2.45, 2.75) is 0 Å². The molecule has 0 aliphatic heterocycles. The Kier molecular flexibility index (Phi) is 6.66. The molecule has 0 N–H and O–H groups in total. The van der Waals surface area contributed by atoms with Crippen molar-refractivity contribution in [3.8, 4) is 44.5 Å². The Morgan fingerprint density at radius 3 is 1.52 bits per heavy atom. The summed E-state index contributed by atoms with van der Waals surface area (Å²) in [6, 6.07) is 69.8. The number of furan rings is 2. The van der Waals surface area contributed by atoms with Gasteiger partial charge in [-0.05, 0) is 114 Å². The van der Waals surface area contributed by atoms with Crippen molar-refractivity contribution in [2.75, 3.05) is 0 Å². The highest BCUT2D eigenvalue weighted by Gasteiger charge is 2.23. The number of rotatable bonds is 4. The maximum atomic E-state index is 6.86. The fraction of sp³-hybridized carbons (Fsp3) is 0. The van der Waals surface area contributed by atoms with Crippen LogP contribution in [0.1, 0.15) is 0 Å². The normalized spacial score (nSPS) is 11.9. The van der Waals surface area contributed by atoms with Crippen LogP contribution in [0.5, 0.6) is 0 Å². The van der Waals surface area contributed by atoms with Crippen LogP contribution in [0.3, 0.4) is 0 Å². The molecule has 0 saturated heterocycles. The predicted octanol–water partition coefficient (Wildman–Crippen LogP) is 15.6. The molecule has 2 heteroatoms. The van der Waals surface area contributed by atoms with Crippen molar-refractivity contribution in [1.29, 1.82) is 0 Å². The van der Waals surface area contributed by atoms with Gasteiger partial charge in [-0.2, -0.15) is 0 Å². The van der Waals surface area contributed by atoms with Gasteiger partial charge in [0.1, 0.15) is 22.3 Å². The number of fused-ring (bicyclic) bond motifs is 9. The van der Waals surface area contributed by atoms with E-state index in [0.717, 1.165) is 60.6 Å². The molecule has 0 saturated carbocycles. The summed E-state index contributed by atoms with van der Waals surface area (Å²) in [7, 11) is 0. The molecule has 0 aliphatic rings. The minimum atomic E-state index is 0.869. The van der Waals surface area contributed by atoms with Crippen LogP contribution in [0.4, 0.5) is 0 Å². The zero-order valence-electron chi connectivity index (χ0n) is 30.3. The van der Waals surface area contributed by atoms with Gasteiger partial charge in [-0.3, -0.25) is 0 Å². The molecule has 0 unspecified atom stereocenters. The minimum Gasteiger partial charge on any atom is -0.456 e. The van der Waals surface area contributed by atoms with E-state index in [1.54, 1.807) is 0 Å². The summed E-state index contributed by atoms with van der Waals surface area (Å²) in [5.74, 6) is 0. The predicted molar refractivity (Wildman–Crippen MR) is 235 cm³/mol. The van der Waals surface area contributed by atoms with E-state index in [4.69, 9.17) is 8.83 Å². The summed E-state index contributed by atoms with van der Waals surface area (Å²) in [5, 5.41) is 11.8. The van der Waals surface area contributed by atoms with Gasteiger partial charge in [0.05, 0.1) is 0 Å². The zero-order chi connectivity index (χ0) is 36.7. The molecular weight excluding hydrogens is 681 g/mol. The molecule has 0 bridgehead atoms. The van der Waals surface area contributed by atoms with Crippen LogP contribution >= 0.6 is 0 Å². The third-order valence-corrected chi connectivity index (χ3v) is 11.7. The van der Waals surface area contributed by atoms with Crippen molar-refractivity contribution >= 4 is 76.2 Å². The Hall–Kier alpha value is -7.42. The quantitative estimate of drug-likeness (QED) is 0.170. The molecule has 0 amide bonds. The third-order valence-electron chi connectivity index (χ3n) is 11.7. The monoisotopic (exact) mass is 712 g/mol. The molecule has 0 spiro atoms. The lowest BCUT2D eigenvalue weighted by atomic mass is 9.82. The van der Waals surface area contributed by atoms with Gasteiger partial charge in [-0.15, -0.1) is 0 Å². The smallest absolute Gasteiger partial charge is 0.143 e. The molecule has 2 nitrogen and oxygen atoms in total. The van der Waals surface area contributed by atoms with Crippen LogP contribution in [-0.4, -0.2) is 0 Å². The minimum absolute atomic E-state index is 0.869. The Balaban J connectivity index is 1.16. The molecule has 260 valence electrons. The average molecular weight is 713 g/mol. The highest BCUT2D eigenvalue weighted by Crippen LogP contribution is 2.50. The molecule has 0 fully saturated rings. The van der Waals surface area contributed by atoms with Crippen molar-refractivity contribution < 1.29 is 8.83 Å². The average Bonchev–Trinajstić information content (AvgIpc) is 3.84. The Morgan fingerprint density at radius 1 is 0.268 bits per heavy atom. The number of benzene rings is 10. The summed E-state index contributed by atoms with van der Waals surface area (Å²) in [6.07, 6.45) is 0. The maximum Gasteiger partial charge on any atom is 0.143 e. The van der Waals surface area contributed by atoms with Gasteiger partial charge in [0.25, 0.3) is 0 Å². The summed E-state index contributed by atoms with van der Waals surface area (Å²) in [4.78, 5) is 0. The summed E-state index contributed by atoms with van der Waals surface area (Å²) in [5.41, 5.74) is 12.9. The van der Waals surface area contributed by atoms with E-state index in [1.807, 2.05) is 12.1 Å². The van der Waals surface area contributed by atoms with Gasteiger partial charge >= 0.3 is 0 Å². The van der Waals surface area contributed by atoms with Crippen molar-refractivity contribution in [2.24, 2.45) is 0 Å². The van der Waals surface area contributed by atoms with E-state index in [-0.39, 0.29) is 0 Å². The first kappa shape index (κ1) is 31.0. The summed E-state index contributed by atoms with van der Waals surface area (Å²) >= 11 is 0. The first-order chi connectivity index (χ1) is 27.8. The van der Waals surface area contributed by atoms with Crippen molar-refractivity contribution in [1.82, 2.24) is 0 Å². The van der Waals surface area contributed by atoms with Crippen molar-refractivity contribution in [3.05, 3.63) is 194 Å². The second-order valence-corrected chi connectivity index (χ2v) is 14.7. The molecule has 12 rings (SSSR count). The second-order valence-electron chi connectivity index (χ2n) is 14.7. The van der Waals surface area contributed by atoms with Crippen LogP contribution in [0.2, 0.25) is 0 Å². The third kappa shape index (κ3) is 4.57. The Morgan fingerprint density at radius 2 is 0.804 bits per heavy atom. The van der Waals surface area contributed by atoms with Gasteiger partial charge in [0.15, 0.2) is 0 Å². The van der Waals surface area contributed by atoms with E-state index in [0.29, 0.717) is 0 Å². The largest absolute Gasteiger partial charge is 0.456 e. The lowest BCUT2D eigenvalue weighted by Crippen LogP contribution is -1.93. The SMILES string of the molecule is c1ccc(-c2cc(-c3c4ccccc4c(-c4ccc(-c5ccc6c(c5)oc5ccccc56)c5oc6ccccc6c45)c4ccccc34)c3ccccc3c2)cc1. The number of para-hydroxylation sites is 2. The molecular formula is C54H32O2. The highest BCUT2D eigenvalue weighted by molar-refractivity contribution is 6.28. The van der Waals surface area contributed by atoms with Gasteiger partial charge < -0.3 is 8.83 Å². The van der Waals surface area contributed by atoms with E-state index < -0.39 is 0 Å². The van der Waals surface area contributed by atoms with E-state index >= 15 is 0 Å². The lowest BCUT2D eigenvalue weighted by molar-refractivity contribution is 0.668. The molecule has 0 radical (unpaired) electrons. The molecule has 0 atom stereocenters. The van der Waals surface area contributed by atoms with Gasteiger partial charge in [-0.25, -0.2) is 0 Å². The Labute approximate surface area is 322 Å². The fourth-order valence-corrected chi connectivity index (χ4v) is 9.18. The van der Waals surface area contributed by atoms with Crippen LogP contribution in [0.15, 0.2) is 203 Å². The second kappa shape index (κ2) is 12.0. The summed E-state index contributed by atoms with van der Waals surface area (Å²) < 4.78 is 13.2. The fourth-order valence-electron chi connectivity index (χ4n) is 9.18. The Bertz CT molecular complexity index is 3470. The zero-order valence-corrected chi connectivity index (χ0v) is 30.3. The maximum absolute atomic E-state index is 6.86. The van der Waals surface area contributed by atoms with E-state index in [9.17, 15) is 0 Å². The van der Waals surface area contributed by atoms with Gasteiger partial charge in [-0.1, -0.05) is 152 Å². The van der Waals surface area contributed by atoms with E-state index in [1.165, 1.54) is 60.1 Å². The standard InChI is InChI=1S/C54H32O2/c1-2-14-33(15-3-1)36-30-34-16-4-5-17-37(34)47(31-36)52-43-21-8-6-19-41(43)51(42-20-7-9-22-44(42)52)46-29-28-38(54-53(46)45-23-11-13-25-49(45)56-54)35-26-27-40-39-18-10-12-24-48(39)55-50(40)32-35/h1-32H. The number of hydrogen-bond donors (Lipinski definition) is 0. The van der Waals surface area contributed by atoms with Crippen molar-refractivity contribution in [3.63, 3.8) is 0 Å². The summed E-state index contributed by atoms with van der Waals surface area (Å²) in [6.45, 7) is 0. The molecule has 12 aromatic rings. The van der Waals surface area contributed by atoms with Crippen LogP contribution in [0.25, 0.3) is 121 Å².